The molecule has 0 radical (unpaired) electrons. The van der Waals surface area contributed by atoms with E-state index in [-0.39, 0.29) is 33.6 Å². The number of aliphatic hydroxyl groups excluding tert-OH is 1. The third kappa shape index (κ3) is 4.95. The maximum atomic E-state index is 14.1. The predicted molar refractivity (Wildman–Crippen MR) is 154 cm³/mol. The molecule has 1 aliphatic heterocycles. The number of ketones is 1. The predicted octanol–water partition coefficient (Wildman–Crippen LogP) is 6.29. The highest BCUT2D eigenvalue weighted by atomic mass is 32.2. The van der Waals surface area contributed by atoms with Gasteiger partial charge in [0.2, 0.25) is 10.9 Å². The molecule has 1 N–H and O–H groups in total. The highest BCUT2D eigenvalue weighted by Gasteiger charge is 2.46. The smallest absolute Gasteiger partial charge is 0.337 e. The van der Waals surface area contributed by atoms with Gasteiger partial charge in [0.05, 0.1) is 24.3 Å². The summed E-state index contributed by atoms with van der Waals surface area (Å²) in [5.41, 5.74) is 1.44. The Labute approximate surface area is 246 Å². The average molecular weight is 602 g/mol. The molecular weight excluding hydrogens is 581 g/mol. The van der Waals surface area contributed by atoms with E-state index in [0.717, 1.165) is 11.3 Å². The van der Waals surface area contributed by atoms with Crippen LogP contribution in [0.4, 0.5) is 9.52 Å². The number of para-hydroxylation sites is 1. The SMILES string of the molecule is COC(=O)c1ccc(C2C(C(=O)c3cc4ccccc4o3)=C(O)C(=O)N2c2nnc(SCc3ccccc3F)s2)cc1. The minimum Gasteiger partial charge on any atom is -0.503 e. The van der Waals surface area contributed by atoms with Crippen LogP contribution in [-0.4, -0.2) is 40.1 Å². The number of nitrogens with zero attached hydrogens (tertiary/aromatic N) is 3. The Bertz CT molecular complexity index is 1850. The number of carbonyl (C=O) groups is 3. The molecule has 6 rings (SSSR count). The van der Waals surface area contributed by atoms with Crippen LogP contribution in [0.5, 0.6) is 0 Å². The standard InChI is InChI=1S/C30H20FN3O6S2/c1-39-28(38)17-12-10-16(11-13-17)24-23(25(35)22-14-18-6-3-5-9-21(18)40-22)26(36)27(37)34(24)29-32-33-30(42-29)41-15-19-7-2-4-8-20(19)31/h2-14,24,36H,15H2,1H3. The van der Waals surface area contributed by atoms with Gasteiger partial charge in [-0.25, -0.2) is 9.18 Å². The summed E-state index contributed by atoms with van der Waals surface area (Å²) in [5, 5.41) is 20.2. The number of aliphatic hydroxyl groups is 1. The van der Waals surface area contributed by atoms with E-state index in [9.17, 15) is 23.9 Å². The van der Waals surface area contributed by atoms with Gasteiger partial charge < -0.3 is 14.3 Å². The molecule has 0 spiro atoms. The molecular formula is C30H20FN3O6S2. The van der Waals surface area contributed by atoms with Crippen LogP contribution >= 0.6 is 23.1 Å². The van der Waals surface area contributed by atoms with E-state index in [1.165, 1.54) is 42.0 Å². The fourth-order valence-corrected chi connectivity index (χ4v) is 6.46. The number of carbonyl (C=O) groups excluding carboxylic acids is 3. The number of anilines is 1. The monoisotopic (exact) mass is 601 g/mol. The Kier molecular flexibility index (Phi) is 7.31. The average Bonchev–Trinajstić information content (AvgIpc) is 3.72. The molecule has 210 valence electrons. The number of rotatable bonds is 8. The van der Waals surface area contributed by atoms with Crippen LogP contribution in [0.2, 0.25) is 0 Å². The number of methoxy groups -OCH3 is 1. The highest BCUT2D eigenvalue weighted by molar-refractivity contribution is 8.00. The van der Waals surface area contributed by atoms with Gasteiger partial charge in [-0.15, -0.1) is 10.2 Å². The lowest BCUT2D eigenvalue weighted by molar-refractivity contribution is -0.117. The fourth-order valence-electron chi connectivity index (χ4n) is 4.61. The van der Waals surface area contributed by atoms with Crippen LogP contribution < -0.4 is 4.90 Å². The Morgan fingerprint density at radius 2 is 1.81 bits per heavy atom. The second kappa shape index (κ2) is 11.2. The minimum atomic E-state index is -1.11. The lowest BCUT2D eigenvalue weighted by Crippen LogP contribution is -2.31. The number of fused-ring (bicyclic) bond motifs is 1. The molecule has 3 aromatic carbocycles. The van der Waals surface area contributed by atoms with E-state index in [4.69, 9.17) is 9.15 Å². The van der Waals surface area contributed by atoms with E-state index >= 15 is 0 Å². The quantitative estimate of drug-likeness (QED) is 0.0947. The fraction of sp³-hybridized carbons (Fsp3) is 0.100. The lowest BCUT2D eigenvalue weighted by atomic mass is 9.94. The van der Waals surface area contributed by atoms with Gasteiger partial charge in [0.15, 0.2) is 15.9 Å². The molecule has 5 aromatic rings. The Balaban J connectivity index is 1.38. The van der Waals surface area contributed by atoms with Crippen LogP contribution in [-0.2, 0) is 15.3 Å². The van der Waals surface area contributed by atoms with Gasteiger partial charge in [-0.3, -0.25) is 14.5 Å². The van der Waals surface area contributed by atoms with Crippen molar-refractivity contribution in [1.82, 2.24) is 10.2 Å². The molecule has 1 atom stereocenters. The van der Waals surface area contributed by atoms with Crippen molar-refractivity contribution in [3.05, 3.63) is 118 Å². The zero-order valence-corrected chi connectivity index (χ0v) is 23.4. The number of aromatic nitrogens is 2. The normalized spacial score (nSPS) is 15.0. The molecule has 42 heavy (non-hydrogen) atoms. The summed E-state index contributed by atoms with van der Waals surface area (Å²) >= 11 is 2.30. The molecule has 9 nitrogen and oxygen atoms in total. The molecule has 3 heterocycles. The number of Topliss-reactive ketones (excluding diaryl/α,β-unsaturated/α-hetero) is 1. The first-order valence-corrected chi connectivity index (χ1v) is 14.3. The second-order valence-electron chi connectivity index (χ2n) is 9.16. The number of amides is 1. The zero-order chi connectivity index (χ0) is 29.4. The Morgan fingerprint density at radius 1 is 1.07 bits per heavy atom. The van der Waals surface area contributed by atoms with Crippen LogP contribution in [0.1, 0.15) is 38.1 Å². The first kappa shape index (κ1) is 27.4. The van der Waals surface area contributed by atoms with Crippen LogP contribution in [0.3, 0.4) is 0 Å². The first-order chi connectivity index (χ1) is 20.4. The van der Waals surface area contributed by atoms with Crippen LogP contribution in [0.25, 0.3) is 11.0 Å². The Hall–Kier alpha value is -4.81. The summed E-state index contributed by atoms with van der Waals surface area (Å²) in [6.45, 7) is 0. The number of thioether (sulfide) groups is 1. The van der Waals surface area contributed by atoms with Gasteiger partial charge in [-0.1, -0.05) is 71.6 Å². The van der Waals surface area contributed by atoms with E-state index in [1.54, 1.807) is 60.7 Å². The number of esters is 1. The molecule has 0 saturated heterocycles. The van der Waals surface area contributed by atoms with Crippen molar-refractivity contribution in [2.75, 3.05) is 12.0 Å². The molecule has 1 amide bonds. The van der Waals surface area contributed by atoms with Gasteiger partial charge in [-0.2, -0.15) is 0 Å². The van der Waals surface area contributed by atoms with Crippen molar-refractivity contribution in [2.24, 2.45) is 0 Å². The van der Waals surface area contributed by atoms with E-state index in [2.05, 4.69) is 10.2 Å². The van der Waals surface area contributed by atoms with Crippen molar-refractivity contribution in [3.8, 4) is 0 Å². The van der Waals surface area contributed by atoms with Gasteiger partial charge in [0.1, 0.15) is 11.4 Å². The third-order valence-corrected chi connectivity index (χ3v) is 8.77. The summed E-state index contributed by atoms with van der Waals surface area (Å²) in [6, 6.07) is 20.0. The molecule has 0 aliphatic carbocycles. The zero-order valence-electron chi connectivity index (χ0n) is 21.8. The second-order valence-corrected chi connectivity index (χ2v) is 11.3. The largest absolute Gasteiger partial charge is 0.503 e. The summed E-state index contributed by atoms with van der Waals surface area (Å²) < 4.78 is 25.1. The van der Waals surface area contributed by atoms with Crippen molar-refractivity contribution < 1.29 is 33.0 Å². The maximum Gasteiger partial charge on any atom is 0.337 e. The summed E-state index contributed by atoms with van der Waals surface area (Å²) in [7, 11) is 1.26. The molecule has 0 fully saturated rings. The van der Waals surface area contributed by atoms with Gasteiger partial charge in [0.25, 0.3) is 5.91 Å². The van der Waals surface area contributed by atoms with E-state index in [0.29, 0.717) is 26.4 Å². The topological polar surface area (TPSA) is 123 Å². The summed E-state index contributed by atoms with van der Waals surface area (Å²) in [5.74, 6) is -2.95. The molecule has 2 aromatic heterocycles. The number of hydrogen-bond donors (Lipinski definition) is 1. The maximum absolute atomic E-state index is 14.1. The molecule has 12 heteroatoms. The number of furan rings is 1. The summed E-state index contributed by atoms with van der Waals surface area (Å²) in [4.78, 5) is 40.5. The van der Waals surface area contributed by atoms with E-state index < -0.39 is 29.5 Å². The van der Waals surface area contributed by atoms with Crippen molar-refractivity contribution in [2.45, 2.75) is 16.1 Å². The first-order valence-electron chi connectivity index (χ1n) is 12.5. The molecule has 1 unspecified atom stereocenters. The van der Waals surface area contributed by atoms with Gasteiger partial charge in [0, 0.05) is 11.1 Å². The molecule has 0 bridgehead atoms. The van der Waals surface area contributed by atoms with Crippen LogP contribution in [0.15, 0.2) is 99.0 Å². The van der Waals surface area contributed by atoms with Crippen LogP contribution in [0, 0.1) is 5.82 Å². The van der Waals surface area contributed by atoms with E-state index in [1.807, 2.05) is 0 Å². The number of hydrogen-bond acceptors (Lipinski definition) is 10. The minimum absolute atomic E-state index is 0.0537. The highest BCUT2D eigenvalue weighted by Crippen LogP contribution is 2.44. The summed E-state index contributed by atoms with van der Waals surface area (Å²) in [6.07, 6.45) is 0. The molecule has 1 aliphatic rings. The van der Waals surface area contributed by atoms with Gasteiger partial charge in [-0.05, 0) is 41.5 Å². The number of benzene rings is 3. The third-order valence-electron chi connectivity index (χ3n) is 6.66. The van der Waals surface area contributed by atoms with Gasteiger partial charge >= 0.3 is 5.97 Å². The Morgan fingerprint density at radius 3 is 2.55 bits per heavy atom. The number of ether oxygens (including phenoxy) is 1. The van der Waals surface area contributed by atoms with Crippen molar-refractivity contribution in [1.29, 1.82) is 0 Å². The number of halogens is 1. The van der Waals surface area contributed by atoms with Crippen molar-refractivity contribution in [3.63, 3.8) is 0 Å². The lowest BCUT2D eigenvalue weighted by Gasteiger charge is -2.24. The molecule has 0 saturated carbocycles. The van der Waals surface area contributed by atoms with Crippen molar-refractivity contribution >= 4 is 56.9 Å².